The molecule has 3 aromatic rings. The summed E-state index contributed by atoms with van der Waals surface area (Å²) in [5.74, 6) is 0.872. The Morgan fingerprint density at radius 1 is 0.742 bits per heavy atom. The minimum atomic E-state index is -0.121. The molecule has 0 radical (unpaired) electrons. The van der Waals surface area contributed by atoms with E-state index in [4.69, 9.17) is 0 Å². The SMILES string of the molecule is CCCCCCc1cc(Cc2cc(CC)c(O)c3ccccc23)cc(C(C)(C)C)c1O. The molecular formula is C29H38O2. The van der Waals surface area contributed by atoms with Gasteiger partial charge in [0.2, 0.25) is 0 Å². The first-order valence-electron chi connectivity index (χ1n) is 11.8. The summed E-state index contributed by atoms with van der Waals surface area (Å²) in [6.45, 7) is 10.8. The summed E-state index contributed by atoms with van der Waals surface area (Å²) < 4.78 is 0. The fourth-order valence-electron chi connectivity index (χ4n) is 4.50. The lowest BCUT2D eigenvalue weighted by Gasteiger charge is -2.24. The van der Waals surface area contributed by atoms with Gasteiger partial charge in [0.1, 0.15) is 11.5 Å². The van der Waals surface area contributed by atoms with Gasteiger partial charge in [0.25, 0.3) is 0 Å². The molecule has 0 bridgehead atoms. The first-order chi connectivity index (χ1) is 14.8. The fraction of sp³-hybridized carbons (Fsp3) is 0.448. The van der Waals surface area contributed by atoms with Crippen molar-refractivity contribution in [3.63, 3.8) is 0 Å². The summed E-state index contributed by atoms with van der Waals surface area (Å²) in [6, 6.07) is 14.7. The lowest BCUT2D eigenvalue weighted by Crippen LogP contribution is -2.13. The number of rotatable bonds is 8. The zero-order valence-electron chi connectivity index (χ0n) is 19.9. The first-order valence-corrected chi connectivity index (χ1v) is 11.8. The van der Waals surface area contributed by atoms with E-state index in [1.54, 1.807) is 0 Å². The minimum Gasteiger partial charge on any atom is -0.507 e. The van der Waals surface area contributed by atoms with Gasteiger partial charge >= 0.3 is 0 Å². The summed E-state index contributed by atoms with van der Waals surface area (Å²) in [7, 11) is 0. The lowest BCUT2D eigenvalue weighted by molar-refractivity contribution is 0.438. The molecule has 0 aliphatic carbocycles. The highest BCUT2D eigenvalue weighted by Crippen LogP contribution is 2.37. The van der Waals surface area contributed by atoms with E-state index in [0.717, 1.165) is 53.1 Å². The Morgan fingerprint density at radius 2 is 1.45 bits per heavy atom. The fourth-order valence-corrected chi connectivity index (χ4v) is 4.50. The van der Waals surface area contributed by atoms with Crippen LogP contribution < -0.4 is 0 Å². The van der Waals surface area contributed by atoms with E-state index in [2.05, 4.69) is 58.9 Å². The maximum atomic E-state index is 11.0. The van der Waals surface area contributed by atoms with E-state index in [1.165, 1.54) is 30.4 Å². The van der Waals surface area contributed by atoms with Gasteiger partial charge in [-0.1, -0.05) is 96.3 Å². The molecule has 2 heteroatoms. The van der Waals surface area contributed by atoms with Crippen molar-refractivity contribution in [2.75, 3.05) is 0 Å². The Labute approximate surface area is 188 Å². The van der Waals surface area contributed by atoms with Gasteiger partial charge in [0, 0.05) is 5.39 Å². The highest BCUT2D eigenvalue weighted by Gasteiger charge is 2.22. The quantitative estimate of drug-likeness (QED) is 0.366. The average molecular weight is 419 g/mol. The summed E-state index contributed by atoms with van der Waals surface area (Å²) in [5, 5.41) is 23.7. The van der Waals surface area contributed by atoms with E-state index >= 15 is 0 Å². The van der Waals surface area contributed by atoms with Crippen molar-refractivity contribution < 1.29 is 10.2 Å². The molecule has 0 atom stereocenters. The Kier molecular flexibility index (Phi) is 7.30. The second-order valence-electron chi connectivity index (χ2n) is 9.83. The van der Waals surface area contributed by atoms with Crippen LogP contribution in [0.5, 0.6) is 11.5 Å². The molecule has 3 rings (SSSR count). The lowest BCUT2D eigenvalue weighted by atomic mass is 9.82. The van der Waals surface area contributed by atoms with Crippen LogP contribution in [0.2, 0.25) is 0 Å². The average Bonchev–Trinajstić information content (AvgIpc) is 2.74. The minimum absolute atomic E-state index is 0.121. The summed E-state index contributed by atoms with van der Waals surface area (Å²) in [5.41, 5.74) is 5.41. The van der Waals surface area contributed by atoms with Gasteiger partial charge in [-0.15, -0.1) is 0 Å². The third-order valence-corrected chi connectivity index (χ3v) is 6.31. The van der Waals surface area contributed by atoms with Crippen molar-refractivity contribution in [2.24, 2.45) is 0 Å². The number of aryl methyl sites for hydroxylation is 2. The molecule has 31 heavy (non-hydrogen) atoms. The molecule has 0 aliphatic heterocycles. The molecule has 2 nitrogen and oxygen atoms in total. The van der Waals surface area contributed by atoms with Crippen LogP contribution in [0, 0.1) is 0 Å². The Bertz CT molecular complexity index is 1040. The molecule has 0 aromatic heterocycles. The first kappa shape index (κ1) is 23.2. The van der Waals surface area contributed by atoms with E-state index in [1.807, 2.05) is 18.2 Å². The van der Waals surface area contributed by atoms with Crippen LogP contribution in [0.1, 0.15) is 88.1 Å². The second kappa shape index (κ2) is 9.77. The van der Waals surface area contributed by atoms with Gasteiger partial charge in [0.05, 0.1) is 0 Å². The largest absolute Gasteiger partial charge is 0.507 e. The maximum absolute atomic E-state index is 11.0. The summed E-state index contributed by atoms with van der Waals surface area (Å²) in [6.07, 6.45) is 7.27. The van der Waals surface area contributed by atoms with Crippen molar-refractivity contribution in [1.29, 1.82) is 0 Å². The Hall–Kier alpha value is -2.48. The van der Waals surface area contributed by atoms with E-state index < -0.39 is 0 Å². The maximum Gasteiger partial charge on any atom is 0.126 e. The number of aromatic hydroxyl groups is 2. The van der Waals surface area contributed by atoms with Crippen molar-refractivity contribution in [3.8, 4) is 11.5 Å². The summed E-state index contributed by atoms with van der Waals surface area (Å²) in [4.78, 5) is 0. The Balaban J connectivity index is 2.06. The molecule has 0 fully saturated rings. The van der Waals surface area contributed by atoms with Crippen molar-refractivity contribution in [2.45, 2.75) is 85.0 Å². The number of phenols is 2. The third kappa shape index (κ3) is 5.23. The predicted molar refractivity (Wildman–Crippen MR) is 132 cm³/mol. The molecule has 0 spiro atoms. The topological polar surface area (TPSA) is 40.5 Å². The Morgan fingerprint density at radius 3 is 2.10 bits per heavy atom. The number of hydrogen-bond donors (Lipinski definition) is 2. The molecule has 0 unspecified atom stereocenters. The monoisotopic (exact) mass is 418 g/mol. The van der Waals surface area contributed by atoms with E-state index in [9.17, 15) is 10.2 Å². The van der Waals surface area contributed by atoms with E-state index in [0.29, 0.717) is 11.5 Å². The molecule has 0 amide bonds. The van der Waals surface area contributed by atoms with Crippen molar-refractivity contribution >= 4 is 10.8 Å². The highest BCUT2D eigenvalue weighted by atomic mass is 16.3. The van der Waals surface area contributed by atoms with Gasteiger partial charge in [-0.25, -0.2) is 0 Å². The zero-order chi connectivity index (χ0) is 22.6. The smallest absolute Gasteiger partial charge is 0.126 e. The van der Waals surface area contributed by atoms with Crippen LogP contribution in [0.15, 0.2) is 42.5 Å². The van der Waals surface area contributed by atoms with Crippen LogP contribution >= 0.6 is 0 Å². The number of hydrogen-bond acceptors (Lipinski definition) is 2. The molecule has 0 saturated carbocycles. The number of unbranched alkanes of at least 4 members (excludes halogenated alkanes) is 3. The van der Waals surface area contributed by atoms with Crippen LogP contribution in [0.3, 0.4) is 0 Å². The van der Waals surface area contributed by atoms with Gasteiger partial charge in [0.15, 0.2) is 0 Å². The summed E-state index contributed by atoms with van der Waals surface area (Å²) >= 11 is 0. The van der Waals surface area contributed by atoms with Gasteiger partial charge in [-0.2, -0.15) is 0 Å². The van der Waals surface area contributed by atoms with Crippen molar-refractivity contribution in [1.82, 2.24) is 0 Å². The molecule has 166 valence electrons. The molecule has 0 aliphatic rings. The molecule has 3 aromatic carbocycles. The molecule has 0 heterocycles. The van der Waals surface area contributed by atoms with Crippen LogP contribution in [-0.4, -0.2) is 10.2 Å². The van der Waals surface area contributed by atoms with Crippen LogP contribution in [0.4, 0.5) is 0 Å². The van der Waals surface area contributed by atoms with Crippen molar-refractivity contribution in [3.05, 3.63) is 70.3 Å². The number of phenolic OH excluding ortho intramolecular Hbond substituents is 2. The van der Waals surface area contributed by atoms with Crippen LogP contribution in [0.25, 0.3) is 10.8 Å². The van der Waals surface area contributed by atoms with E-state index in [-0.39, 0.29) is 5.41 Å². The predicted octanol–water partition coefficient (Wildman–Crippen LogP) is 7.82. The standard InChI is InChI=1S/C29H38O2/c1-6-8-9-10-13-22-16-20(18-26(28(22)31)29(3,4)5)17-23-19-21(7-2)27(30)25-15-12-11-14-24(23)25/h11-12,14-16,18-19,30-31H,6-10,13,17H2,1-5H3. The molecule has 2 N–H and O–H groups in total. The highest BCUT2D eigenvalue weighted by molar-refractivity contribution is 5.92. The van der Waals surface area contributed by atoms with Gasteiger partial charge in [-0.3, -0.25) is 0 Å². The normalized spacial score (nSPS) is 11.9. The molecule has 0 saturated heterocycles. The number of fused-ring (bicyclic) bond motifs is 1. The van der Waals surface area contributed by atoms with Crippen LogP contribution in [-0.2, 0) is 24.7 Å². The van der Waals surface area contributed by atoms with Gasteiger partial charge in [-0.05, 0) is 64.3 Å². The second-order valence-corrected chi connectivity index (χ2v) is 9.83. The number of benzene rings is 3. The zero-order valence-corrected chi connectivity index (χ0v) is 19.9. The third-order valence-electron chi connectivity index (χ3n) is 6.31. The molecular weight excluding hydrogens is 380 g/mol. The van der Waals surface area contributed by atoms with Gasteiger partial charge < -0.3 is 10.2 Å².